The third-order valence-corrected chi connectivity index (χ3v) is 3.37. The Bertz CT molecular complexity index is 555. The van der Waals surface area contributed by atoms with E-state index in [4.69, 9.17) is 0 Å². The highest BCUT2D eigenvalue weighted by Crippen LogP contribution is 2.30. The van der Waals surface area contributed by atoms with E-state index in [0.717, 1.165) is 19.4 Å². The van der Waals surface area contributed by atoms with E-state index in [1.54, 1.807) is 0 Å². The van der Waals surface area contributed by atoms with Crippen LogP contribution in [0.5, 0.6) is 0 Å². The smallest absolute Gasteiger partial charge is 0.0700 e. The second-order valence-corrected chi connectivity index (χ2v) is 4.57. The van der Waals surface area contributed by atoms with E-state index in [2.05, 4.69) is 41.7 Å². The number of rotatable bonds is 2. The molecular formula is C14H17N3. The minimum atomic E-state index is 0.973. The van der Waals surface area contributed by atoms with Crippen LogP contribution in [0.1, 0.15) is 18.2 Å². The van der Waals surface area contributed by atoms with Gasteiger partial charge in [-0.15, -0.1) is 0 Å². The molecule has 0 saturated heterocycles. The summed E-state index contributed by atoms with van der Waals surface area (Å²) in [4.78, 5) is 0. The molecule has 2 aromatic rings. The monoisotopic (exact) mass is 227 g/mol. The zero-order valence-electron chi connectivity index (χ0n) is 10.3. The number of aromatic nitrogens is 2. The largest absolute Gasteiger partial charge is 0.384 e. The highest BCUT2D eigenvalue weighted by molar-refractivity contribution is 5.72. The van der Waals surface area contributed by atoms with Crippen LogP contribution in [-0.4, -0.2) is 16.3 Å². The van der Waals surface area contributed by atoms with Crippen molar-refractivity contribution in [3.8, 4) is 11.1 Å². The molecule has 0 unspecified atom stereocenters. The second kappa shape index (κ2) is 3.91. The average molecular weight is 227 g/mol. The second-order valence-electron chi connectivity index (χ2n) is 4.57. The topological polar surface area (TPSA) is 29.9 Å². The highest BCUT2D eigenvalue weighted by atomic mass is 15.2. The summed E-state index contributed by atoms with van der Waals surface area (Å²) in [6.45, 7) is 3.21. The molecule has 0 spiro atoms. The van der Waals surface area contributed by atoms with Gasteiger partial charge in [0.1, 0.15) is 0 Å². The van der Waals surface area contributed by atoms with Crippen molar-refractivity contribution in [3.63, 3.8) is 0 Å². The molecule has 0 saturated carbocycles. The lowest BCUT2D eigenvalue weighted by Crippen LogP contribution is -1.91. The zero-order valence-corrected chi connectivity index (χ0v) is 10.3. The van der Waals surface area contributed by atoms with E-state index in [0.29, 0.717) is 0 Å². The number of nitrogens with zero attached hydrogens (tertiary/aromatic N) is 2. The van der Waals surface area contributed by atoms with Gasteiger partial charge >= 0.3 is 0 Å². The van der Waals surface area contributed by atoms with Crippen molar-refractivity contribution in [1.29, 1.82) is 0 Å². The van der Waals surface area contributed by atoms with Crippen LogP contribution in [0.15, 0.2) is 24.4 Å². The summed E-state index contributed by atoms with van der Waals surface area (Å²) in [6, 6.07) is 6.69. The molecule has 88 valence electrons. The van der Waals surface area contributed by atoms with Gasteiger partial charge in [-0.3, -0.25) is 4.68 Å². The number of aryl methyl sites for hydroxylation is 2. The summed E-state index contributed by atoms with van der Waals surface area (Å²) < 4.78 is 1.90. The molecule has 0 atom stereocenters. The van der Waals surface area contributed by atoms with Crippen LogP contribution in [0.3, 0.4) is 0 Å². The Morgan fingerprint density at radius 3 is 3.12 bits per heavy atom. The lowest BCUT2D eigenvalue weighted by Gasteiger charge is -2.04. The van der Waals surface area contributed by atoms with Gasteiger partial charge in [-0.1, -0.05) is 19.1 Å². The van der Waals surface area contributed by atoms with E-state index in [-0.39, 0.29) is 0 Å². The maximum Gasteiger partial charge on any atom is 0.0700 e. The Labute approximate surface area is 101 Å². The van der Waals surface area contributed by atoms with Gasteiger partial charge in [0.15, 0.2) is 0 Å². The van der Waals surface area contributed by atoms with Crippen molar-refractivity contribution in [2.75, 3.05) is 11.9 Å². The highest BCUT2D eigenvalue weighted by Gasteiger charge is 2.13. The van der Waals surface area contributed by atoms with Crippen molar-refractivity contribution in [2.45, 2.75) is 19.8 Å². The molecule has 1 aliphatic rings. The maximum absolute atomic E-state index is 4.50. The number of anilines is 1. The van der Waals surface area contributed by atoms with Crippen molar-refractivity contribution in [1.82, 2.24) is 9.78 Å². The van der Waals surface area contributed by atoms with Gasteiger partial charge in [0.25, 0.3) is 0 Å². The molecule has 0 amide bonds. The molecule has 3 nitrogen and oxygen atoms in total. The van der Waals surface area contributed by atoms with Crippen LogP contribution in [0.4, 0.5) is 5.69 Å². The summed E-state index contributed by atoms with van der Waals surface area (Å²) in [5.41, 5.74) is 6.41. The number of hydrogen-bond acceptors (Lipinski definition) is 2. The fraction of sp³-hybridized carbons (Fsp3) is 0.357. The molecule has 17 heavy (non-hydrogen) atoms. The van der Waals surface area contributed by atoms with E-state index in [1.807, 2.05) is 11.7 Å². The van der Waals surface area contributed by atoms with E-state index >= 15 is 0 Å². The van der Waals surface area contributed by atoms with Gasteiger partial charge in [-0.05, 0) is 30.0 Å². The molecule has 1 aromatic heterocycles. The summed E-state index contributed by atoms with van der Waals surface area (Å²) in [5.74, 6) is 0. The zero-order chi connectivity index (χ0) is 11.8. The number of fused-ring (bicyclic) bond motifs is 1. The Morgan fingerprint density at radius 2 is 2.29 bits per heavy atom. The molecular weight excluding hydrogens is 210 g/mol. The van der Waals surface area contributed by atoms with Gasteiger partial charge in [0, 0.05) is 31.0 Å². The van der Waals surface area contributed by atoms with Crippen LogP contribution in [-0.2, 0) is 19.9 Å². The van der Waals surface area contributed by atoms with E-state index < -0.39 is 0 Å². The van der Waals surface area contributed by atoms with Crippen molar-refractivity contribution in [3.05, 3.63) is 35.7 Å². The molecule has 0 aliphatic carbocycles. The van der Waals surface area contributed by atoms with Gasteiger partial charge in [0.05, 0.1) is 5.69 Å². The third kappa shape index (κ3) is 1.71. The first-order valence-corrected chi connectivity index (χ1v) is 6.17. The molecule has 2 heterocycles. The average Bonchev–Trinajstić information content (AvgIpc) is 2.93. The van der Waals surface area contributed by atoms with Crippen LogP contribution >= 0.6 is 0 Å². The first kappa shape index (κ1) is 10.4. The summed E-state index contributed by atoms with van der Waals surface area (Å²) in [6.07, 6.45) is 4.22. The third-order valence-electron chi connectivity index (χ3n) is 3.37. The van der Waals surface area contributed by atoms with Crippen LogP contribution in [0, 0.1) is 0 Å². The molecule has 0 bridgehead atoms. The van der Waals surface area contributed by atoms with E-state index in [9.17, 15) is 0 Å². The SMILES string of the molecule is CCc1nn(C)cc1-c1ccc2c(c1)NCC2. The van der Waals surface area contributed by atoms with Crippen LogP contribution < -0.4 is 5.32 Å². The predicted molar refractivity (Wildman–Crippen MR) is 70.2 cm³/mol. The van der Waals surface area contributed by atoms with Gasteiger partial charge in [-0.25, -0.2) is 0 Å². The standard InChI is InChI=1S/C14H17N3/c1-3-13-12(9-17(2)16-13)11-5-4-10-6-7-15-14(10)8-11/h4-5,8-9,15H,3,6-7H2,1-2H3. The lowest BCUT2D eigenvalue weighted by molar-refractivity contribution is 0.746. The Kier molecular flexibility index (Phi) is 2.39. The Balaban J connectivity index is 2.08. The van der Waals surface area contributed by atoms with Gasteiger partial charge < -0.3 is 5.32 Å². The van der Waals surface area contributed by atoms with Gasteiger partial charge in [-0.2, -0.15) is 5.10 Å². The summed E-state index contributed by atoms with van der Waals surface area (Å²) in [7, 11) is 1.98. The van der Waals surface area contributed by atoms with Crippen molar-refractivity contribution in [2.24, 2.45) is 7.05 Å². The van der Waals surface area contributed by atoms with Crippen molar-refractivity contribution < 1.29 is 0 Å². The minimum absolute atomic E-state index is 0.973. The quantitative estimate of drug-likeness (QED) is 0.854. The van der Waals surface area contributed by atoms with Crippen LogP contribution in [0.25, 0.3) is 11.1 Å². The normalized spacial score (nSPS) is 13.5. The molecule has 1 N–H and O–H groups in total. The predicted octanol–water partition coefficient (Wildman–Crippen LogP) is 2.62. The van der Waals surface area contributed by atoms with E-state index in [1.165, 1.54) is 28.1 Å². The molecule has 1 aliphatic heterocycles. The summed E-state index contributed by atoms with van der Waals surface area (Å²) >= 11 is 0. The molecule has 3 rings (SSSR count). The Hall–Kier alpha value is -1.77. The number of nitrogens with one attached hydrogen (secondary N) is 1. The molecule has 3 heteroatoms. The molecule has 1 aromatic carbocycles. The fourth-order valence-electron chi connectivity index (χ4n) is 2.50. The molecule has 0 fully saturated rings. The maximum atomic E-state index is 4.50. The lowest BCUT2D eigenvalue weighted by atomic mass is 10.0. The number of hydrogen-bond donors (Lipinski definition) is 1. The first-order valence-electron chi connectivity index (χ1n) is 6.17. The summed E-state index contributed by atoms with van der Waals surface area (Å²) in [5, 5.41) is 7.92. The first-order chi connectivity index (χ1) is 8.28. The fourth-order valence-corrected chi connectivity index (χ4v) is 2.50. The number of benzene rings is 1. The van der Waals surface area contributed by atoms with Gasteiger partial charge in [0.2, 0.25) is 0 Å². The molecule has 0 radical (unpaired) electrons. The van der Waals surface area contributed by atoms with Crippen LogP contribution in [0.2, 0.25) is 0 Å². The minimum Gasteiger partial charge on any atom is -0.384 e. The van der Waals surface area contributed by atoms with Crippen molar-refractivity contribution >= 4 is 5.69 Å². The Morgan fingerprint density at radius 1 is 1.41 bits per heavy atom.